The molecule has 1 aliphatic heterocycles. The van der Waals surface area contributed by atoms with Crippen LogP contribution in [-0.4, -0.2) is 21.4 Å². The van der Waals surface area contributed by atoms with Crippen LogP contribution in [0.4, 0.5) is 5.69 Å². The first kappa shape index (κ1) is 25.6. The zero-order valence-corrected chi connectivity index (χ0v) is 23.6. The van der Waals surface area contributed by atoms with Crippen LogP contribution in [0.2, 0.25) is 0 Å². The van der Waals surface area contributed by atoms with E-state index in [4.69, 9.17) is 14.6 Å². The smallest absolute Gasteiger partial charge is 0.345 e. The molecule has 0 spiro atoms. The number of benzene rings is 4. The SMILES string of the molecule is O=C1/C(=C/c2cn(-c3ccccc3)nc2-c2cc3cc(Br)ccc3oc2=O)C(c2ccccc2)=NN1c1ccccc1. The van der Waals surface area contributed by atoms with Gasteiger partial charge in [-0.2, -0.15) is 15.2 Å². The van der Waals surface area contributed by atoms with Gasteiger partial charge in [-0.3, -0.25) is 4.79 Å². The summed E-state index contributed by atoms with van der Waals surface area (Å²) in [7, 11) is 0. The Balaban J connectivity index is 1.44. The molecular formula is C34H21BrN4O3. The standard InChI is InChI=1S/C34H21BrN4O3/c35-25-16-17-30-23(18-25)19-29(34(41)42-30)32-24(21-38(36-32)26-12-6-2-7-13-26)20-28-31(22-10-4-1-5-11-22)37-39(33(28)40)27-14-8-3-9-15-27/h1-21H/b28-20+. The van der Waals surface area contributed by atoms with E-state index in [0.717, 1.165) is 21.1 Å². The summed E-state index contributed by atoms with van der Waals surface area (Å²) in [5, 5.41) is 11.7. The molecule has 3 heterocycles. The van der Waals surface area contributed by atoms with Gasteiger partial charge >= 0.3 is 5.63 Å². The molecule has 0 N–H and O–H groups in total. The lowest BCUT2D eigenvalue weighted by Gasteiger charge is -2.10. The first-order valence-electron chi connectivity index (χ1n) is 13.2. The maximum Gasteiger partial charge on any atom is 0.345 e. The van der Waals surface area contributed by atoms with Crippen molar-refractivity contribution >= 4 is 50.3 Å². The van der Waals surface area contributed by atoms with Crippen LogP contribution in [0.1, 0.15) is 11.1 Å². The summed E-state index contributed by atoms with van der Waals surface area (Å²) in [5.74, 6) is -0.284. The van der Waals surface area contributed by atoms with Crippen LogP contribution in [0.15, 0.2) is 146 Å². The van der Waals surface area contributed by atoms with Gasteiger partial charge in [0.2, 0.25) is 0 Å². The number of hydrazone groups is 1. The number of fused-ring (bicyclic) bond motifs is 1. The molecule has 6 aromatic rings. The van der Waals surface area contributed by atoms with E-state index in [0.29, 0.717) is 33.8 Å². The Hall–Kier alpha value is -5.34. The van der Waals surface area contributed by atoms with Crippen molar-refractivity contribution in [3.05, 3.63) is 153 Å². The molecule has 1 aliphatic rings. The Labute approximate surface area is 248 Å². The van der Waals surface area contributed by atoms with Crippen molar-refractivity contribution in [1.82, 2.24) is 9.78 Å². The Morgan fingerprint density at radius 3 is 2.14 bits per heavy atom. The lowest BCUT2D eigenvalue weighted by Crippen LogP contribution is -2.21. The number of hydrogen-bond acceptors (Lipinski definition) is 5. The first-order valence-corrected chi connectivity index (χ1v) is 14.0. The maximum atomic E-state index is 13.9. The summed E-state index contributed by atoms with van der Waals surface area (Å²) in [5.41, 5.74) is 4.35. The van der Waals surface area contributed by atoms with Crippen molar-refractivity contribution in [3.8, 4) is 16.9 Å². The van der Waals surface area contributed by atoms with Gasteiger partial charge < -0.3 is 4.42 Å². The highest BCUT2D eigenvalue weighted by Gasteiger charge is 2.32. The van der Waals surface area contributed by atoms with Crippen molar-refractivity contribution in [2.75, 3.05) is 5.01 Å². The molecule has 0 saturated heterocycles. The monoisotopic (exact) mass is 612 g/mol. The first-order chi connectivity index (χ1) is 20.5. The molecule has 42 heavy (non-hydrogen) atoms. The molecule has 8 heteroatoms. The third-order valence-electron chi connectivity index (χ3n) is 6.94. The molecule has 0 fully saturated rings. The predicted molar refractivity (Wildman–Crippen MR) is 168 cm³/mol. The fourth-order valence-corrected chi connectivity index (χ4v) is 5.31. The molecule has 0 saturated carbocycles. The maximum absolute atomic E-state index is 13.9. The predicted octanol–water partition coefficient (Wildman–Crippen LogP) is 7.24. The van der Waals surface area contributed by atoms with Crippen molar-refractivity contribution in [2.24, 2.45) is 5.10 Å². The molecule has 0 bridgehead atoms. The van der Waals surface area contributed by atoms with Crippen LogP contribution >= 0.6 is 15.9 Å². The van der Waals surface area contributed by atoms with Crippen molar-refractivity contribution in [1.29, 1.82) is 0 Å². The van der Waals surface area contributed by atoms with Gasteiger partial charge in [-0.25, -0.2) is 9.48 Å². The number of anilines is 1. The molecular weight excluding hydrogens is 592 g/mol. The Morgan fingerprint density at radius 2 is 1.43 bits per heavy atom. The number of aromatic nitrogens is 2. The second-order valence-corrected chi connectivity index (χ2v) is 10.6. The summed E-state index contributed by atoms with van der Waals surface area (Å²) < 4.78 is 8.23. The number of carbonyl (C=O) groups excluding carboxylic acids is 1. The molecule has 7 nitrogen and oxygen atoms in total. The summed E-state index contributed by atoms with van der Waals surface area (Å²) in [4.78, 5) is 27.2. The Kier molecular flexibility index (Phi) is 6.45. The number of carbonyl (C=O) groups is 1. The van der Waals surface area contributed by atoms with Crippen LogP contribution in [0.5, 0.6) is 0 Å². The van der Waals surface area contributed by atoms with Crippen LogP contribution in [0.3, 0.4) is 0 Å². The molecule has 0 aliphatic carbocycles. The molecule has 0 unspecified atom stereocenters. The van der Waals surface area contributed by atoms with Crippen LogP contribution in [-0.2, 0) is 4.79 Å². The minimum Gasteiger partial charge on any atom is -0.422 e. The lowest BCUT2D eigenvalue weighted by molar-refractivity contribution is -0.114. The van der Waals surface area contributed by atoms with Crippen molar-refractivity contribution in [3.63, 3.8) is 0 Å². The normalized spacial score (nSPS) is 14.1. The number of halogens is 1. The van der Waals surface area contributed by atoms with E-state index in [1.165, 1.54) is 5.01 Å². The highest BCUT2D eigenvalue weighted by atomic mass is 79.9. The average Bonchev–Trinajstić information content (AvgIpc) is 3.59. The number of amides is 1. The van der Waals surface area contributed by atoms with E-state index in [9.17, 15) is 9.59 Å². The third-order valence-corrected chi connectivity index (χ3v) is 7.43. The molecule has 202 valence electrons. The fraction of sp³-hybridized carbons (Fsp3) is 0. The number of nitrogens with zero attached hydrogens (tertiary/aromatic N) is 4. The van der Waals surface area contributed by atoms with Crippen LogP contribution < -0.4 is 10.6 Å². The van der Waals surface area contributed by atoms with Gasteiger partial charge in [-0.05, 0) is 54.6 Å². The number of para-hydroxylation sites is 2. The molecule has 7 rings (SSSR count). The highest BCUT2D eigenvalue weighted by molar-refractivity contribution is 9.10. The summed E-state index contributed by atoms with van der Waals surface area (Å²) in [6, 6.07) is 35.6. The minimum atomic E-state index is -0.525. The van der Waals surface area contributed by atoms with Crippen LogP contribution in [0, 0.1) is 0 Å². The summed E-state index contributed by atoms with van der Waals surface area (Å²) in [6.45, 7) is 0. The quantitative estimate of drug-likeness (QED) is 0.152. The largest absolute Gasteiger partial charge is 0.422 e. The topological polar surface area (TPSA) is 80.7 Å². The average molecular weight is 613 g/mol. The van der Waals surface area contributed by atoms with Gasteiger partial charge in [-0.1, -0.05) is 82.7 Å². The second kappa shape index (κ2) is 10.6. The summed E-state index contributed by atoms with van der Waals surface area (Å²) >= 11 is 3.50. The number of rotatable bonds is 5. The Bertz CT molecular complexity index is 2080. The lowest BCUT2D eigenvalue weighted by atomic mass is 9.99. The van der Waals surface area contributed by atoms with E-state index in [2.05, 4.69) is 15.9 Å². The van der Waals surface area contributed by atoms with E-state index in [1.807, 2.05) is 109 Å². The van der Waals surface area contributed by atoms with Crippen molar-refractivity contribution in [2.45, 2.75) is 0 Å². The van der Waals surface area contributed by atoms with Gasteiger partial charge in [0.15, 0.2) is 0 Å². The number of hydrogen-bond donors (Lipinski definition) is 0. The van der Waals surface area contributed by atoms with E-state index in [-0.39, 0.29) is 11.5 Å². The third kappa shape index (κ3) is 4.67. The van der Waals surface area contributed by atoms with Gasteiger partial charge in [0.05, 0.1) is 22.5 Å². The molecule has 0 atom stereocenters. The van der Waals surface area contributed by atoms with E-state index >= 15 is 0 Å². The second-order valence-electron chi connectivity index (χ2n) is 9.67. The van der Waals surface area contributed by atoms with Crippen molar-refractivity contribution < 1.29 is 9.21 Å². The van der Waals surface area contributed by atoms with Gasteiger partial charge in [0.1, 0.15) is 17.0 Å². The molecule has 0 radical (unpaired) electrons. The highest BCUT2D eigenvalue weighted by Crippen LogP contribution is 2.31. The fourth-order valence-electron chi connectivity index (χ4n) is 4.93. The zero-order valence-electron chi connectivity index (χ0n) is 22.0. The molecule has 2 aromatic heterocycles. The van der Waals surface area contributed by atoms with E-state index in [1.54, 1.807) is 22.9 Å². The van der Waals surface area contributed by atoms with E-state index < -0.39 is 5.63 Å². The zero-order chi connectivity index (χ0) is 28.6. The summed E-state index contributed by atoms with van der Waals surface area (Å²) in [6.07, 6.45) is 3.56. The Morgan fingerprint density at radius 1 is 0.762 bits per heavy atom. The van der Waals surface area contributed by atoms with Gasteiger partial charge in [0.25, 0.3) is 5.91 Å². The van der Waals surface area contributed by atoms with Gasteiger partial charge in [0, 0.05) is 27.2 Å². The minimum absolute atomic E-state index is 0.283. The molecule has 1 amide bonds. The molecule has 4 aromatic carbocycles. The van der Waals surface area contributed by atoms with Crippen LogP contribution in [0.25, 0.3) is 34.0 Å². The van der Waals surface area contributed by atoms with Gasteiger partial charge in [-0.15, -0.1) is 0 Å².